The van der Waals surface area contributed by atoms with Gasteiger partial charge in [-0.2, -0.15) is 0 Å². The maximum Gasteiger partial charge on any atom is 0.262 e. The summed E-state index contributed by atoms with van der Waals surface area (Å²) in [7, 11) is 1.77. The molecule has 0 atom stereocenters. The molecular weight excluding hydrogens is 332 g/mol. The highest BCUT2D eigenvalue weighted by Crippen LogP contribution is 2.09. The molecule has 2 aromatic rings. The van der Waals surface area contributed by atoms with E-state index in [-0.39, 0.29) is 11.5 Å². The normalized spacial score (nSPS) is 10.4. The maximum absolute atomic E-state index is 12.2. The van der Waals surface area contributed by atoms with E-state index in [1.807, 2.05) is 18.2 Å². The predicted molar refractivity (Wildman–Crippen MR) is 86.5 cm³/mol. The number of halogens is 1. The molecule has 0 fully saturated rings. The summed E-state index contributed by atoms with van der Waals surface area (Å²) < 4.78 is 0.367. The van der Waals surface area contributed by atoms with Crippen LogP contribution in [0.4, 0.5) is 0 Å². The molecule has 1 aromatic heterocycles. The molecule has 0 bridgehead atoms. The van der Waals surface area contributed by atoms with Gasteiger partial charge >= 0.3 is 0 Å². The van der Waals surface area contributed by atoms with Crippen LogP contribution in [0.1, 0.15) is 22.3 Å². The number of aromatic nitrogens is 1. The average Bonchev–Trinajstić information content (AvgIpc) is 2.50. The first-order valence-electron chi connectivity index (χ1n) is 6.75. The molecule has 1 aromatic carbocycles. The predicted octanol–water partition coefficient (Wildman–Crippen LogP) is 2.84. The van der Waals surface area contributed by atoms with E-state index in [1.54, 1.807) is 18.0 Å². The number of carbonyl (C=O) groups excluding carboxylic acids is 1. The van der Waals surface area contributed by atoms with Gasteiger partial charge in [0.05, 0.1) is 10.0 Å². The highest BCUT2D eigenvalue weighted by molar-refractivity contribution is 9.10. The SMILES string of the molecule is CN(CCCc1ccccc1)C(=O)c1c[nH]c(=O)c(Br)c1. The van der Waals surface area contributed by atoms with Gasteiger partial charge in [0, 0.05) is 19.8 Å². The zero-order valence-electron chi connectivity index (χ0n) is 11.8. The highest BCUT2D eigenvalue weighted by Gasteiger charge is 2.12. The summed E-state index contributed by atoms with van der Waals surface area (Å²) >= 11 is 3.13. The molecule has 4 nitrogen and oxygen atoms in total. The number of hydrogen-bond acceptors (Lipinski definition) is 2. The molecule has 1 heterocycles. The summed E-state index contributed by atoms with van der Waals surface area (Å²) in [5.41, 5.74) is 1.51. The van der Waals surface area contributed by atoms with Crippen LogP contribution >= 0.6 is 15.9 Å². The van der Waals surface area contributed by atoms with Gasteiger partial charge in [0.1, 0.15) is 0 Å². The van der Waals surface area contributed by atoms with Crippen molar-refractivity contribution in [2.45, 2.75) is 12.8 Å². The van der Waals surface area contributed by atoms with Crippen LogP contribution in [-0.2, 0) is 6.42 Å². The molecule has 0 aliphatic heterocycles. The van der Waals surface area contributed by atoms with Crippen LogP contribution in [0.5, 0.6) is 0 Å². The van der Waals surface area contributed by atoms with Crippen molar-refractivity contribution in [3.8, 4) is 0 Å². The van der Waals surface area contributed by atoms with Gasteiger partial charge in [-0.05, 0) is 40.4 Å². The van der Waals surface area contributed by atoms with E-state index < -0.39 is 0 Å². The highest BCUT2D eigenvalue weighted by atomic mass is 79.9. The number of nitrogens with zero attached hydrogens (tertiary/aromatic N) is 1. The second-order valence-corrected chi connectivity index (χ2v) is 5.74. The van der Waals surface area contributed by atoms with E-state index in [1.165, 1.54) is 11.8 Å². The van der Waals surface area contributed by atoms with Crippen molar-refractivity contribution in [2.75, 3.05) is 13.6 Å². The third kappa shape index (κ3) is 4.29. The Labute approximate surface area is 131 Å². The van der Waals surface area contributed by atoms with E-state index in [0.717, 1.165) is 12.8 Å². The number of hydrogen-bond donors (Lipinski definition) is 1. The van der Waals surface area contributed by atoms with E-state index in [0.29, 0.717) is 16.6 Å². The van der Waals surface area contributed by atoms with Gasteiger partial charge in [-0.15, -0.1) is 0 Å². The minimum absolute atomic E-state index is 0.0972. The Morgan fingerprint density at radius 3 is 2.67 bits per heavy atom. The summed E-state index contributed by atoms with van der Waals surface area (Å²) in [5.74, 6) is -0.0972. The molecule has 110 valence electrons. The topological polar surface area (TPSA) is 53.2 Å². The summed E-state index contributed by atoms with van der Waals surface area (Å²) in [6.07, 6.45) is 3.29. The van der Waals surface area contributed by atoms with E-state index >= 15 is 0 Å². The lowest BCUT2D eigenvalue weighted by molar-refractivity contribution is 0.0793. The van der Waals surface area contributed by atoms with Gasteiger partial charge < -0.3 is 9.88 Å². The quantitative estimate of drug-likeness (QED) is 0.903. The zero-order chi connectivity index (χ0) is 15.2. The van der Waals surface area contributed by atoms with Gasteiger partial charge in [-0.25, -0.2) is 0 Å². The number of H-pyrrole nitrogens is 1. The van der Waals surface area contributed by atoms with Gasteiger partial charge in [0.25, 0.3) is 11.5 Å². The minimum atomic E-state index is -0.238. The molecular formula is C16H17BrN2O2. The van der Waals surface area contributed by atoms with Gasteiger partial charge in [-0.1, -0.05) is 30.3 Å². The van der Waals surface area contributed by atoms with Crippen molar-refractivity contribution in [3.05, 3.63) is 68.5 Å². The monoisotopic (exact) mass is 348 g/mol. The van der Waals surface area contributed by atoms with E-state index in [4.69, 9.17) is 0 Å². The van der Waals surface area contributed by atoms with Crippen LogP contribution in [0.3, 0.4) is 0 Å². The van der Waals surface area contributed by atoms with Crippen molar-refractivity contribution in [2.24, 2.45) is 0 Å². The van der Waals surface area contributed by atoms with E-state index in [2.05, 4.69) is 33.0 Å². The first-order chi connectivity index (χ1) is 10.1. The zero-order valence-corrected chi connectivity index (χ0v) is 13.4. The third-order valence-corrected chi connectivity index (χ3v) is 3.84. The molecule has 0 saturated heterocycles. The van der Waals surface area contributed by atoms with Crippen molar-refractivity contribution in [1.82, 2.24) is 9.88 Å². The van der Waals surface area contributed by atoms with Crippen LogP contribution in [0, 0.1) is 0 Å². The van der Waals surface area contributed by atoms with Gasteiger partial charge in [0.2, 0.25) is 0 Å². The number of benzene rings is 1. The first kappa shape index (κ1) is 15.5. The molecule has 0 radical (unpaired) electrons. The lowest BCUT2D eigenvalue weighted by Crippen LogP contribution is -2.28. The van der Waals surface area contributed by atoms with Crippen LogP contribution in [0.25, 0.3) is 0 Å². The van der Waals surface area contributed by atoms with Crippen molar-refractivity contribution < 1.29 is 4.79 Å². The molecule has 0 unspecified atom stereocenters. The maximum atomic E-state index is 12.2. The Kier molecular flexibility index (Phi) is 5.33. The Balaban J connectivity index is 1.90. The van der Waals surface area contributed by atoms with Crippen molar-refractivity contribution >= 4 is 21.8 Å². The van der Waals surface area contributed by atoms with Gasteiger partial charge in [0.15, 0.2) is 0 Å². The molecule has 1 amide bonds. The van der Waals surface area contributed by atoms with Crippen molar-refractivity contribution in [1.29, 1.82) is 0 Å². The lowest BCUT2D eigenvalue weighted by atomic mass is 10.1. The van der Waals surface area contributed by atoms with Crippen LogP contribution in [-0.4, -0.2) is 29.4 Å². The number of amides is 1. The smallest absolute Gasteiger partial charge is 0.262 e. The van der Waals surface area contributed by atoms with E-state index in [9.17, 15) is 9.59 Å². The largest absolute Gasteiger partial charge is 0.342 e. The second-order valence-electron chi connectivity index (χ2n) is 4.88. The molecule has 0 aliphatic carbocycles. The minimum Gasteiger partial charge on any atom is -0.342 e. The van der Waals surface area contributed by atoms with Gasteiger partial charge in [-0.3, -0.25) is 9.59 Å². The standard InChI is InChI=1S/C16H17BrN2O2/c1-19(9-5-8-12-6-3-2-4-7-12)16(21)13-10-14(17)15(20)18-11-13/h2-4,6-7,10-11H,5,8-9H2,1H3,(H,18,20). The summed E-state index contributed by atoms with van der Waals surface area (Å²) in [6.45, 7) is 0.671. The lowest BCUT2D eigenvalue weighted by Gasteiger charge is -2.17. The molecule has 21 heavy (non-hydrogen) atoms. The molecule has 0 spiro atoms. The third-order valence-electron chi connectivity index (χ3n) is 3.25. The number of nitrogens with one attached hydrogen (secondary N) is 1. The van der Waals surface area contributed by atoms with Crippen LogP contribution in [0.15, 0.2) is 51.9 Å². The molecule has 2 rings (SSSR count). The Hall–Kier alpha value is -1.88. The first-order valence-corrected chi connectivity index (χ1v) is 7.55. The Bertz CT molecular complexity index is 667. The fraction of sp³-hybridized carbons (Fsp3) is 0.250. The summed E-state index contributed by atoms with van der Waals surface area (Å²) in [6, 6.07) is 11.7. The fourth-order valence-corrected chi connectivity index (χ4v) is 2.43. The molecule has 0 saturated carbocycles. The average molecular weight is 349 g/mol. The second kappa shape index (κ2) is 7.22. The fourth-order valence-electron chi connectivity index (χ4n) is 2.07. The number of pyridine rings is 1. The number of aromatic amines is 1. The van der Waals surface area contributed by atoms with Crippen LogP contribution < -0.4 is 5.56 Å². The van der Waals surface area contributed by atoms with Crippen LogP contribution in [0.2, 0.25) is 0 Å². The number of carbonyl (C=O) groups is 1. The number of aryl methyl sites for hydroxylation is 1. The Morgan fingerprint density at radius 2 is 2.00 bits per heavy atom. The Morgan fingerprint density at radius 1 is 1.29 bits per heavy atom. The van der Waals surface area contributed by atoms with Crippen molar-refractivity contribution in [3.63, 3.8) is 0 Å². The summed E-state index contributed by atoms with van der Waals surface area (Å²) in [4.78, 5) is 27.7. The number of rotatable bonds is 5. The molecule has 1 N–H and O–H groups in total. The summed E-state index contributed by atoms with van der Waals surface area (Å²) in [5, 5.41) is 0. The molecule has 5 heteroatoms. The molecule has 0 aliphatic rings.